The van der Waals surface area contributed by atoms with Crippen LogP contribution < -0.4 is 10.1 Å². The second-order valence-electron chi connectivity index (χ2n) is 5.61. The molecule has 0 aliphatic carbocycles. The molecule has 1 N–H and O–H groups in total. The number of nitrogens with one attached hydrogen (secondary N) is 1. The van der Waals surface area contributed by atoms with Crippen molar-refractivity contribution < 1.29 is 17.9 Å². The molecule has 0 spiro atoms. The third-order valence-corrected chi connectivity index (χ3v) is 6.23. The van der Waals surface area contributed by atoms with Crippen LogP contribution in [0.5, 0.6) is 5.75 Å². The Balaban J connectivity index is 1.79. The summed E-state index contributed by atoms with van der Waals surface area (Å²) in [7, 11) is -3.34. The molecule has 0 bridgehead atoms. The van der Waals surface area contributed by atoms with E-state index in [2.05, 4.69) is 21.2 Å². The highest BCUT2D eigenvalue weighted by molar-refractivity contribution is 9.10. The zero-order valence-electron chi connectivity index (χ0n) is 14.1. The lowest BCUT2D eigenvalue weighted by molar-refractivity contribution is -0.127. The van der Waals surface area contributed by atoms with E-state index in [0.29, 0.717) is 21.7 Å². The zero-order chi connectivity index (χ0) is 19.2. The van der Waals surface area contributed by atoms with Gasteiger partial charge < -0.3 is 10.1 Å². The lowest BCUT2D eigenvalue weighted by Crippen LogP contribution is -2.37. The normalized spacial score (nSPS) is 12.4. The van der Waals surface area contributed by atoms with Crippen LogP contribution in [-0.2, 0) is 14.6 Å². The first-order valence-electron chi connectivity index (χ1n) is 7.97. The van der Waals surface area contributed by atoms with E-state index in [1.54, 1.807) is 55.5 Å². The average molecular weight is 461 g/mol. The Bertz CT molecular complexity index is 859. The quantitative estimate of drug-likeness (QED) is 0.607. The van der Waals surface area contributed by atoms with Gasteiger partial charge >= 0.3 is 0 Å². The summed E-state index contributed by atoms with van der Waals surface area (Å²) >= 11 is 9.19. The highest BCUT2D eigenvalue weighted by atomic mass is 79.9. The van der Waals surface area contributed by atoms with Crippen LogP contribution in [0.25, 0.3) is 0 Å². The van der Waals surface area contributed by atoms with Crippen LogP contribution in [0.2, 0.25) is 5.02 Å². The van der Waals surface area contributed by atoms with Gasteiger partial charge in [0.05, 0.1) is 15.1 Å². The van der Waals surface area contributed by atoms with Gasteiger partial charge in [-0.2, -0.15) is 0 Å². The summed E-state index contributed by atoms with van der Waals surface area (Å²) in [6, 6.07) is 13.3. The molecular weight excluding hydrogens is 442 g/mol. The van der Waals surface area contributed by atoms with Crippen molar-refractivity contribution in [1.82, 2.24) is 5.32 Å². The molecule has 140 valence electrons. The molecule has 0 aliphatic heterocycles. The predicted octanol–water partition coefficient (Wildman–Crippen LogP) is 3.85. The summed E-state index contributed by atoms with van der Waals surface area (Å²) < 4.78 is 30.6. The van der Waals surface area contributed by atoms with Gasteiger partial charge in [-0.25, -0.2) is 8.42 Å². The Morgan fingerprint density at radius 2 is 1.92 bits per heavy atom. The molecule has 1 atom stereocenters. The Kier molecular flexibility index (Phi) is 7.49. The third-order valence-electron chi connectivity index (χ3n) is 3.56. The maximum Gasteiger partial charge on any atom is 0.260 e. The number of carbonyl (C=O) groups excluding carboxylic acids is 1. The SMILES string of the molecule is CC(Oc1ccc(Cl)cc1Br)C(=O)NCCCS(=O)(=O)c1ccccc1. The molecule has 5 nitrogen and oxygen atoms in total. The molecule has 0 heterocycles. The minimum Gasteiger partial charge on any atom is -0.480 e. The number of amides is 1. The minimum absolute atomic E-state index is 0.0325. The lowest BCUT2D eigenvalue weighted by atomic mass is 10.3. The summed E-state index contributed by atoms with van der Waals surface area (Å²) in [5, 5.41) is 3.24. The van der Waals surface area contributed by atoms with Gasteiger partial charge in [0.25, 0.3) is 5.91 Å². The number of hydrogen-bond acceptors (Lipinski definition) is 4. The first kappa shape index (κ1) is 20.7. The standard InChI is InChI=1S/C18H19BrClNO4S/c1-13(25-17-9-8-14(20)12-16(17)19)18(22)21-10-5-11-26(23,24)15-6-3-2-4-7-15/h2-4,6-9,12-13H,5,10-11H2,1H3,(H,21,22). The Morgan fingerprint density at radius 3 is 2.58 bits per heavy atom. The summed E-state index contributed by atoms with van der Waals surface area (Å²) in [4.78, 5) is 12.4. The number of carbonyl (C=O) groups is 1. The van der Waals surface area contributed by atoms with Gasteiger partial charge in [-0.3, -0.25) is 4.79 Å². The fraction of sp³-hybridized carbons (Fsp3) is 0.278. The second kappa shape index (κ2) is 9.39. The van der Waals surface area contributed by atoms with E-state index in [4.69, 9.17) is 16.3 Å². The molecule has 2 aromatic carbocycles. The maximum atomic E-state index is 12.2. The molecule has 1 amide bonds. The van der Waals surface area contributed by atoms with Gasteiger partial charge in [0.2, 0.25) is 0 Å². The molecule has 0 radical (unpaired) electrons. The van der Waals surface area contributed by atoms with E-state index in [1.807, 2.05) is 0 Å². The molecule has 8 heteroatoms. The summed E-state index contributed by atoms with van der Waals surface area (Å²) in [5.41, 5.74) is 0. The van der Waals surface area contributed by atoms with Crippen LogP contribution in [0.3, 0.4) is 0 Å². The minimum atomic E-state index is -3.34. The van der Waals surface area contributed by atoms with Gasteiger partial charge in [-0.15, -0.1) is 0 Å². The van der Waals surface area contributed by atoms with E-state index < -0.39 is 15.9 Å². The van der Waals surface area contributed by atoms with Crippen LogP contribution in [0.4, 0.5) is 0 Å². The van der Waals surface area contributed by atoms with Gasteiger partial charge in [0.15, 0.2) is 15.9 Å². The largest absolute Gasteiger partial charge is 0.480 e. The molecule has 1 unspecified atom stereocenters. The van der Waals surface area contributed by atoms with Gasteiger partial charge in [-0.05, 0) is 59.6 Å². The van der Waals surface area contributed by atoms with Crippen molar-refractivity contribution in [3.05, 3.63) is 58.0 Å². The smallest absolute Gasteiger partial charge is 0.260 e. The van der Waals surface area contributed by atoms with Gasteiger partial charge in [-0.1, -0.05) is 29.8 Å². The summed E-state index contributed by atoms with van der Waals surface area (Å²) in [6.07, 6.45) is -0.404. The highest BCUT2D eigenvalue weighted by Crippen LogP contribution is 2.28. The number of halogens is 2. The monoisotopic (exact) mass is 459 g/mol. The first-order chi connectivity index (χ1) is 12.3. The van der Waals surface area contributed by atoms with E-state index in [0.717, 1.165) is 0 Å². The van der Waals surface area contributed by atoms with Crippen molar-refractivity contribution >= 4 is 43.3 Å². The van der Waals surface area contributed by atoms with Crippen molar-refractivity contribution in [1.29, 1.82) is 0 Å². The first-order valence-corrected chi connectivity index (χ1v) is 10.8. The second-order valence-corrected chi connectivity index (χ2v) is 9.01. The molecule has 0 saturated heterocycles. The van der Waals surface area contributed by atoms with E-state index in [-0.39, 0.29) is 23.1 Å². The third kappa shape index (κ3) is 6.00. The maximum absolute atomic E-state index is 12.2. The molecule has 0 fully saturated rings. The fourth-order valence-corrected chi connectivity index (χ4v) is 4.29. The molecule has 0 aliphatic rings. The average Bonchev–Trinajstić information content (AvgIpc) is 2.61. The van der Waals surface area contributed by atoms with E-state index >= 15 is 0 Å². The Labute approximate surface area is 166 Å². The van der Waals surface area contributed by atoms with Crippen LogP contribution >= 0.6 is 27.5 Å². The zero-order valence-corrected chi connectivity index (χ0v) is 17.3. The highest BCUT2D eigenvalue weighted by Gasteiger charge is 2.17. The van der Waals surface area contributed by atoms with Crippen LogP contribution in [0.15, 0.2) is 57.9 Å². The van der Waals surface area contributed by atoms with Crippen molar-refractivity contribution in [3.63, 3.8) is 0 Å². The molecule has 26 heavy (non-hydrogen) atoms. The van der Waals surface area contributed by atoms with E-state index in [1.165, 1.54) is 0 Å². The van der Waals surface area contributed by atoms with Crippen molar-refractivity contribution in [2.45, 2.75) is 24.3 Å². The number of rotatable bonds is 8. The molecule has 0 aromatic heterocycles. The number of hydrogen-bond donors (Lipinski definition) is 1. The summed E-state index contributed by atoms with van der Waals surface area (Å²) in [5.74, 6) is 0.155. The topological polar surface area (TPSA) is 72.5 Å². The fourth-order valence-electron chi connectivity index (χ4n) is 2.18. The van der Waals surface area contributed by atoms with Gasteiger partial charge in [0.1, 0.15) is 5.75 Å². The number of sulfone groups is 1. The van der Waals surface area contributed by atoms with Crippen molar-refractivity contribution in [2.24, 2.45) is 0 Å². The van der Waals surface area contributed by atoms with Crippen LogP contribution in [0, 0.1) is 0 Å². The van der Waals surface area contributed by atoms with E-state index in [9.17, 15) is 13.2 Å². The number of ether oxygens (including phenoxy) is 1. The molecular formula is C18H19BrClNO4S. The Morgan fingerprint density at radius 1 is 1.23 bits per heavy atom. The van der Waals surface area contributed by atoms with Crippen LogP contribution in [-0.4, -0.2) is 32.7 Å². The molecule has 2 rings (SSSR count). The van der Waals surface area contributed by atoms with Crippen LogP contribution in [0.1, 0.15) is 13.3 Å². The van der Waals surface area contributed by atoms with Crippen molar-refractivity contribution in [2.75, 3.05) is 12.3 Å². The van der Waals surface area contributed by atoms with Gasteiger partial charge in [0, 0.05) is 11.6 Å². The number of benzene rings is 2. The molecule has 2 aromatic rings. The molecule has 0 saturated carbocycles. The Hall–Kier alpha value is -1.57. The summed E-state index contributed by atoms with van der Waals surface area (Å²) in [6.45, 7) is 1.87. The predicted molar refractivity (Wildman–Crippen MR) is 105 cm³/mol. The lowest BCUT2D eigenvalue weighted by Gasteiger charge is -2.16. The van der Waals surface area contributed by atoms with Crippen molar-refractivity contribution in [3.8, 4) is 5.75 Å².